The third kappa shape index (κ3) is 4.88. The Morgan fingerprint density at radius 2 is 2.03 bits per heavy atom. The van der Waals surface area contributed by atoms with Gasteiger partial charge in [-0.15, -0.1) is 0 Å². The number of rotatable bonds is 10. The highest BCUT2D eigenvalue weighted by Crippen LogP contribution is 2.18. The van der Waals surface area contributed by atoms with Gasteiger partial charge in [0, 0.05) is 0 Å². The van der Waals surface area contributed by atoms with Crippen molar-refractivity contribution in [3.05, 3.63) is 40.3 Å². The molecule has 3 N–H and O–H groups in total. The van der Waals surface area contributed by atoms with Crippen molar-refractivity contribution in [2.45, 2.75) is 33.2 Å². The summed E-state index contributed by atoms with van der Waals surface area (Å²) < 4.78 is 17.6. The van der Waals surface area contributed by atoms with Gasteiger partial charge in [0.05, 0.1) is 25.3 Å². The number of hydrogen-bond donors (Lipinski definition) is 2. The average molecular weight is 415 g/mol. The number of nitrogens with two attached hydrogens (primary N) is 1. The van der Waals surface area contributed by atoms with Crippen molar-refractivity contribution in [3.8, 4) is 11.8 Å². The van der Waals surface area contributed by atoms with E-state index in [2.05, 4.69) is 15.0 Å². The zero-order valence-corrected chi connectivity index (χ0v) is 17.0. The summed E-state index contributed by atoms with van der Waals surface area (Å²) in [7, 11) is 0. The second-order valence-corrected chi connectivity index (χ2v) is 6.47. The minimum Gasteiger partial charge on any atom is -0.492 e. The van der Waals surface area contributed by atoms with E-state index in [4.69, 9.17) is 19.9 Å². The Morgan fingerprint density at radius 1 is 1.20 bits per heavy atom. The van der Waals surface area contributed by atoms with Gasteiger partial charge in [0.1, 0.15) is 17.9 Å². The normalized spacial score (nSPS) is 10.9. The van der Waals surface area contributed by atoms with Gasteiger partial charge >= 0.3 is 17.7 Å². The third-order valence-corrected chi connectivity index (χ3v) is 4.29. The lowest BCUT2D eigenvalue weighted by atomic mass is 10.2. The number of nitrogen functional groups attached to an aromatic ring is 1. The van der Waals surface area contributed by atoms with Gasteiger partial charge in [0.15, 0.2) is 11.5 Å². The Morgan fingerprint density at radius 3 is 2.80 bits per heavy atom. The van der Waals surface area contributed by atoms with Crippen LogP contribution in [0, 0.1) is 0 Å². The van der Waals surface area contributed by atoms with E-state index >= 15 is 0 Å². The standard InChI is InChI=1S/C20H25N5O5/c1-3-5-10-30-19-23-16(21)15-17(24-19)25(20(27)22-15)9-11-29-14-8-6-7-13(12-14)18(26)28-4-2/h6-8,12H,3-5,9-11H2,1-2H3,(H,22,27)(H2,21,23,24). The molecule has 0 saturated heterocycles. The van der Waals surface area contributed by atoms with Gasteiger partial charge in [-0.05, 0) is 31.5 Å². The molecule has 10 heteroatoms. The summed E-state index contributed by atoms with van der Waals surface area (Å²) in [5.41, 5.74) is 6.67. The number of aromatic amines is 1. The van der Waals surface area contributed by atoms with Crippen LogP contribution in [0.15, 0.2) is 29.1 Å². The molecule has 2 heterocycles. The first kappa shape index (κ1) is 21.2. The van der Waals surface area contributed by atoms with E-state index in [9.17, 15) is 9.59 Å². The number of aromatic nitrogens is 4. The Labute approximate surface area is 173 Å². The molecule has 0 saturated carbocycles. The van der Waals surface area contributed by atoms with Gasteiger partial charge in [-0.2, -0.15) is 9.97 Å². The van der Waals surface area contributed by atoms with E-state index in [0.717, 1.165) is 12.8 Å². The molecule has 0 fully saturated rings. The van der Waals surface area contributed by atoms with Crippen molar-refractivity contribution in [3.63, 3.8) is 0 Å². The number of ether oxygens (including phenoxy) is 3. The summed E-state index contributed by atoms with van der Waals surface area (Å²) in [4.78, 5) is 35.2. The molecular formula is C20H25N5O5. The van der Waals surface area contributed by atoms with Crippen molar-refractivity contribution in [1.82, 2.24) is 19.5 Å². The Hall–Kier alpha value is -3.56. The molecule has 0 amide bonds. The van der Waals surface area contributed by atoms with Crippen LogP contribution in [-0.4, -0.2) is 45.3 Å². The molecule has 1 aromatic carbocycles. The van der Waals surface area contributed by atoms with Crippen LogP contribution in [0.25, 0.3) is 11.2 Å². The monoisotopic (exact) mass is 415 g/mol. The van der Waals surface area contributed by atoms with Gasteiger partial charge < -0.3 is 24.9 Å². The van der Waals surface area contributed by atoms with E-state index in [0.29, 0.717) is 35.7 Å². The Bertz CT molecular complexity index is 1080. The lowest BCUT2D eigenvalue weighted by Crippen LogP contribution is -2.21. The largest absolute Gasteiger partial charge is 0.492 e. The van der Waals surface area contributed by atoms with Crippen LogP contribution < -0.4 is 20.9 Å². The van der Waals surface area contributed by atoms with Gasteiger partial charge in [-0.1, -0.05) is 19.4 Å². The molecule has 0 aliphatic rings. The van der Waals surface area contributed by atoms with E-state index < -0.39 is 5.97 Å². The average Bonchev–Trinajstić information content (AvgIpc) is 3.05. The van der Waals surface area contributed by atoms with Crippen molar-refractivity contribution < 1.29 is 19.0 Å². The third-order valence-electron chi connectivity index (χ3n) is 4.29. The predicted molar refractivity (Wildman–Crippen MR) is 111 cm³/mol. The molecule has 0 atom stereocenters. The number of fused-ring (bicyclic) bond motifs is 1. The highest BCUT2D eigenvalue weighted by atomic mass is 16.5. The Balaban J connectivity index is 1.73. The summed E-state index contributed by atoms with van der Waals surface area (Å²) in [6, 6.07) is 6.79. The lowest BCUT2D eigenvalue weighted by molar-refractivity contribution is 0.0526. The molecule has 30 heavy (non-hydrogen) atoms. The van der Waals surface area contributed by atoms with Crippen molar-refractivity contribution in [1.29, 1.82) is 0 Å². The van der Waals surface area contributed by atoms with Crippen molar-refractivity contribution in [2.24, 2.45) is 0 Å². The highest BCUT2D eigenvalue weighted by Gasteiger charge is 2.15. The maximum Gasteiger partial charge on any atom is 0.338 e. The quantitative estimate of drug-likeness (QED) is 0.380. The first-order chi connectivity index (χ1) is 14.5. The molecule has 160 valence electrons. The van der Waals surface area contributed by atoms with Gasteiger partial charge in [0.2, 0.25) is 0 Å². The number of esters is 1. The molecule has 3 aromatic rings. The topological polar surface area (TPSA) is 134 Å². The number of imidazole rings is 1. The van der Waals surface area contributed by atoms with Gasteiger partial charge in [0.25, 0.3) is 0 Å². The smallest absolute Gasteiger partial charge is 0.338 e. The molecule has 0 bridgehead atoms. The molecule has 0 radical (unpaired) electrons. The second-order valence-electron chi connectivity index (χ2n) is 6.47. The fraction of sp³-hybridized carbons (Fsp3) is 0.400. The van der Waals surface area contributed by atoms with Crippen LogP contribution in [0.2, 0.25) is 0 Å². The predicted octanol–water partition coefficient (Wildman–Crippen LogP) is 2.14. The van der Waals surface area contributed by atoms with E-state index in [1.165, 1.54) is 4.57 Å². The first-order valence-corrected chi connectivity index (χ1v) is 9.82. The number of hydrogen-bond acceptors (Lipinski definition) is 8. The number of nitrogens with one attached hydrogen (secondary N) is 1. The van der Waals surface area contributed by atoms with Crippen molar-refractivity contribution >= 4 is 23.0 Å². The molecule has 0 aliphatic heterocycles. The maximum atomic E-state index is 12.3. The minimum absolute atomic E-state index is 0.129. The summed E-state index contributed by atoms with van der Waals surface area (Å²) in [5.74, 6) is 0.218. The van der Waals surface area contributed by atoms with Crippen molar-refractivity contribution in [2.75, 3.05) is 25.6 Å². The molecule has 2 aromatic heterocycles. The number of carbonyl (C=O) groups is 1. The Kier molecular flexibility index (Phi) is 6.89. The second kappa shape index (κ2) is 9.77. The SMILES string of the molecule is CCCCOc1nc(N)c2[nH]c(=O)n(CCOc3cccc(C(=O)OCC)c3)c2n1. The molecule has 0 unspecified atom stereocenters. The van der Waals surface area contributed by atoms with E-state index in [1.54, 1.807) is 31.2 Å². The molecule has 0 aliphatic carbocycles. The van der Waals surface area contributed by atoms with E-state index in [1.807, 2.05) is 6.92 Å². The van der Waals surface area contributed by atoms with Crippen LogP contribution in [0.1, 0.15) is 37.0 Å². The maximum absolute atomic E-state index is 12.3. The zero-order chi connectivity index (χ0) is 21.5. The lowest BCUT2D eigenvalue weighted by Gasteiger charge is -2.09. The zero-order valence-electron chi connectivity index (χ0n) is 17.0. The first-order valence-electron chi connectivity index (χ1n) is 9.82. The summed E-state index contributed by atoms with van der Waals surface area (Å²) >= 11 is 0. The minimum atomic E-state index is -0.418. The number of benzene rings is 1. The fourth-order valence-electron chi connectivity index (χ4n) is 2.79. The highest BCUT2D eigenvalue weighted by molar-refractivity contribution is 5.89. The van der Waals surface area contributed by atoms with Crippen LogP contribution in [0.4, 0.5) is 5.82 Å². The van der Waals surface area contributed by atoms with Crippen LogP contribution >= 0.6 is 0 Å². The fourth-order valence-corrected chi connectivity index (χ4v) is 2.79. The summed E-state index contributed by atoms with van der Waals surface area (Å²) in [6.07, 6.45) is 1.83. The van der Waals surface area contributed by atoms with Gasteiger partial charge in [-0.3, -0.25) is 4.57 Å². The number of H-pyrrole nitrogens is 1. The summed E-state index contributed by atoms with van der Waals surface area (Å²) in [5, 5.41) is 0. The number of nitrogens with zero attached hydrogens (tertiary/aromatic N) is 3. The van der Waals surface area contributed by atoms with Crippen LogP contribution in [0.5, 0.6) is 11.8 Å². The molecular weight excluding hydrogens is 390 g/mol. The number of unbranched alkanes of at least 4 members (excludes halogenated alkanes) is 1. The molecule has 0 spiro atoms. The number of carbonyl (C=O) groups excluding carboxylic acids is 1. The van der Waals surface area contributed by atoms with Crippen LogP contribution in [-0.2, 0) is 11.3 Å². The number of anilines is 1. The van der Waals surface area contributed by atoms with E-state index in [-0.39, 0.29) is 30.7 Å². The summed E-state index contributed by atoms with van der Waals surface area (Å²) in [6.45, 7) is 4.95. The van der Waals surface area contributed by atoms with Gasteiger partial charge in [-0.25, -0.2) is 9.59 Å². The molecule has 10 nitrogen and oxygen atoms in total. The molecule has 3 rings (SSSR count). The van der Waals surface area contributed by atoms with Crippen LogP contribution in [0.3, 0.4) is 0 Å².